The van der Waals surface area contributed by atoms with E-state index in [1.54, 1.807) is 4.90 Å². The molecule has 2 unspecified atom stereocenters. The van der Waals surface area contributed by atoms with Crippen molar-refractivity contribution in [2.75, 3.05) is 26.2 Å². The Hall–Kier alpha value is -2.09. The van der Waals surface area contributed by atoms with Gasteiger partial charge in [-0.05, 0) is 63.9 Å². The number of amides is 2. The maximum Gasteiger partial charge on any atom is 0.410 e. The van der Waals surface area contributed by atoms with E-state index in [1.165, 1.54) is 5.56 Å². The summed E-state index contributed by atoms with van der Waals surface area (Å²) in [5, 5.41) is 4.33. The summed E-state index contributed by atoms with van der Waals surface area (Å²) >= 11 is 0. The molecule has 0 radical (unpaired) electrons. The molecule has 0 aliphatic carbocycles. The molecular formula is C25H40N4O4. The molecule has 0 aromatic carbocycles. The monoisotopic (exact) mass is 460 g/mol. The zero-order chi connectivity index (χ0) is 24.0. The summed E-state index contributed by atoms with van der Waals surface area (Å²) in [6, 6.07) is 0. The van der Waals surface area contributed by atoms with Gasteiger partial charge < -0.3 is 19.3 Å². The van der Waals surface area contributed by atoms with Crippen LogP contribution in [0.3, 0.4) is 0 Å². The maximum atomic E-state index is 13.5. The van der Waals surface area contributed by atoms with E-state index in [1.807, 2.05) is 43.6 Å². The number of aryl methyl sites for hydroxylation is 1. The largest absolute Gasteiger partial charge is 0.444 e. The quantitative estimate of drug-likeness (QED) is 0.672. The summed E-state index contributed by atoms with van der Waals surface area (Å²) in [6.45, 7) is 12.8. The van der Waals surface area contributed by atoms with E-state index in [4.69, 9.17) is 9.47 Å². The van der Waals surface area contributed by atoms with Crippen LogP contribution in [-0.4, -0.2) is 75.1 Å². The van der Waals surface area contributed by atoms with Gasteiger partial charge in [0.05, 0.1) is 11.8 Å². The first-order valence-electron chi connectivity index (χ1n) is 12.3. The van der Waals surface area contributed by atoms with E-state index in [0.29, 0.717) is 19.6 Å². The van der Waals surface area contributed by atoms with Crippen molar-refractivity contribution >= 4 is 12.0 Å². The van der Waals surface area contributed by atoms with Crippen LogP contribution in [0.4, 0.5) is 4.79 Å². The van der Waals surface area contributed by atoms with Crippen LogP contribution in [-0.2, 0) is 21.3 Å². The summed E-state index contributed by atoms with van der Waals surface area (Å²) in [6.07, 6.45) is 7.52. The molecule has 4 heterocycles. The standard InChI is InChI=1S/C25H40N4O4/c1-23(2,3)33-22(31)28-12-10-25(11-13-28)9-7-8-20(32-25)21(30)29-16-19(24(4,5)17-29)18-14-26-27(6)15-18/h14-15,19-20H,7-13,16-17H2,1-6H3. The average molecular weight is 461 g/mol. The summed E-state index contributed by atoms with van der Waals surface area (Å²) < 4.78 is 13.9. The SMILES string of the molecule is Cn1cc(C2CN(C(=O)C3CCCC4(CCN(C(=O)OC(C)(C)C)CC4)O3)CC2(C)C)cn1. The number of piperidine rings is 1. The fourth-order valence-electron chi connectivity index (χ4n) is 5.68. The summed E-state index contributed by atoms with van der Waals surface area (Å²) in [5.74, 6) is 0.382. The summed E-state index contributed by atoms with van der Waals surface area (Å²) in [4.78, 5) is 29.7. The second kappa shape index (κ2) is 8.60. The second-order valence-corrected chi connectivity index (χ2v) is 11.9. The maximum absolute atomic E-state index is 13.5. The fraction of sp³-hybridized carbons (Fsp3) is 0.800. The normalized spacial score (nSPS) is 27.1. The lowest BCUT2D eigenvalue weighted by molar-refractivity contribution is -0.177. The highest BCUT2D eigenvalue weighted by Gasteiger charge is 2.47. The Morgan fingerprint density at radius 3 is 2.45 bits per heavy atom. The third-order valence-corrected chi connectivity index (χ3v) is 7.48. The van der Waals surface area contributed by atoms with Crippen molar-refractivity contribution in [1.29, 1.82) is 0 Å². The molecule has 8 heteroatoms. The van der Waals surface area contributed by atoms with Crippen LogP contribution < -0.4 is 0 Å². The average Bonchev–Trinajstić information content (AvgIpc) is 3.28. The van der Waals surface area contributed by atoms with E-state index in [-0.39, 0.29) is 28.9 Å². The molecule has 8 nitrogen and oxygen atoms in total. The molecule has 3 aliphatic heterocycles. The van der Waals surface area contributed by atoms with Crippen LogP contribution in [0.5, 0.6) is 0 Å². The Balaban J connectivity index is 1.37. The molecule has 0 N–H and O–H groups in total. The van der Waals surface area contributed by atoms with Crippen LogP contribution in [0.15, 0.2) is 12.4 Å². The Labute approximate surface area is 197 Å². The van der Waals surface area contributed by atoms with E-state index in [2.05, 4.69) is 25.1 Å². The van der Waals surface area contributed by atoms with Gasteiger partial charge >= 0.3 is 6.09 Å². The van der Waals surface area contributed by atoms with Crippen LogP contribution in [0.1, 0.15) is 78.2 Å². The smallest absolute Gasteiger partial charge is 0.410 e. The van der Waals surface area contributed by atoms with Crippen molar-refractivity contribution in [2.24, 2.45) is 12.5 Å². The molecule has 1 spiro atoms. The topological polar surface area (TPSA) is 76.9 Å². The highest BCUT2D eigenvalue weighted by molar-refractivity contribution is 5.81. The molecule has 0 saturated carbocycles. The number of hydrogen-bond donors (Lipinski definition) is 0. The fourth-order valence-corrected chi connectivity index (χ4v) is 5.68. The number of nitrogens with zero attached hydrogens (tertiary/aromatic N) is 4. The zero-order valence-electron chi connectivity index (χ0n) is 21.1. The van der Waals surface area contributed by atoms with E-state index < -0.39 is 11.7 Å². The lowest BCUT2D eigenvalue weighted by Crippen LogP contribution is -2.54. The first kappa shape index (κ1) is 24.0. The second-order valence-electron chi connectivity index (χ2n) is 11.9. The van der Waals surface area contributed by atoms with Gasteiger partial charge in [-0.2, -0.15) is 5.10 Å². The van der Waals surface area contributed by atoms with E-state index >= 15 is 0 Å². The summed E-state index contributed by atoms with van der Waals surface area (Å²) in [7, 11) is 1.93. The van der Waals surface area contributed by atoms with Crippen molar-refractivity contribution in [3.63, 3.8) is 0 Å². The number of ether oxygens (including phenoxy) is 2. The Kier molecular flexibility index (Phi) is 6.27. The first-order valence-corrected chi connectivity index (χ1v) is 12.3. The highest BCUT2D eigenvalue weighted by Crippen LogP contribution is 2.44. The molecule has 3 saturated heterocycles. The number of carbonyl (C=O) groups excluding carboxylic acids is 2. The molecule has 3 fully saturated rings. The van der Waals surface area contributed by atoms with Gasteiger partial charge in [-0.15, -0.1) is 0 Å². The lowest BCUT2D eigenvalue weighted by Gasteiger charge is -2.46. The molecule has 2 atom stereocenters. The van der Waals surface area contributed by atoms with Gasteiger partial charge in [-0.1, -0.05) is 13.8 Å². The van der Waals surface area contributed by atoms with Crippen molar-refractivity contribution in [1.82, 2.24) is 19.6 Å². The van der Waals surface area contributed by atoms with Gasteiger partial charge in [0.2, 0.25) is 0 Å². The van der Waals surface area contributed by atoms with Crippen LogP contribution in [0.25, 0.3) is 0 Å². The third-order valence-electron chi connectivity index (χ3n) is 7.48. The summed E-state index contributed by atoms with van der Waals surface area (Å²) in [5.41, 5.74) is 0.370. The number of hydrogen-bond acceptors (Lipinski definition) is 5. The number of likely N-dealkylation sites (tertiary alicyclic amines) is 2. The Morgan fingerprint density at radius 2 is 1.85 bits per heavy atom. The molecule has 2 amide bonds. The molecule has 1 aromatic heterocycles. The zero-order valence-corrected chi connectivity index (χ0v) is 21.1. The first-order chi connectivity index (χ1) is 15.4. The number of rotatable bonds is 2. The number of aromatic nitrogens is 2. The van der Waals surface area contributed by atoms with Crippen molar-refractivity contribution in [3.05, 3.63) is 18.0 Å². The Morgan fingerprint density at radius 1 is 1.15 bits per heavy atom. The van der Waals surface area contributed by atoms with Gasteiger partial charge in [0, 0.05) is 45.3 Å². The van der Waals surface area contributed by atoms with Crippen molar-refractivity contribution < 1.29 is 19.1 Å². The molecule has 33 heavy (non-hydrogen) atoms. The minimum absolute atomic E-state index is 0.0101. The molecule has 0 bridgehead atoms. The molecule has 184 valence electrons. The molecule has 4 rings (SSSR count). The van der Waals surface area contributed by atoms with Crippen LogP contribution in [0, 0.1) is 5.41 Å². The van der Waals surface area contributed by atoms with E-state index in [9.17, 15) is 9.59 Å². The lowest BCUT2D eigenvalue weighted by atomic mass is 9.79. The van der Waals surface area contributed by atoms with Gasteiger partial charge in [-0.3, -0.25) is 9.48 Å². The minimum atomic E-state index is -0.498. The van der Waals surface area contributed by atoms with Gasteiger partial charge in [0.15, 0.2) is 0 Å². The molecule has 1 aromatic rings. The third kappa shape index (κ3) is 5.20. The number of carbonyl (C=O) groups is 2. The van der Waals surface area contributed by atoms with Crippen LogP contribution >= 0.6 is 0 Å². The van der Waals surface area contributed by atoms with Gasteiger partial charge in [0.1, 0.15) is 11.7 Å². The Bertz CT molecular complexity index is 879. The molecular weight excluding hydrogens is 420 g/mol. The molecule has 3 aliphatic rings. The van der Waals surface area contributed by atoms with Crippen molar-refractivity contribution in [2.45, 2.75) is 89.9 Å². The van der Waals surface area contributed by atoms with Crippen LogP contribution in [0.2, 0.25) is 0 Å². The highest BCUT2D eigenvalue weighted by atomic mass is 16.6. The predicted molar refractivity (Wildman–Crippen MR) is 125 cm³/mol. The van der Waals surface area contributed by atoms with Crippen molar-refractivity contribution in [3.8, 4) is 0 Å². The minimum Gasteiger partial charge on any atom is -0.444 e. The van der Waals surface area contributed by atoms with Gasteiger partial charge in [-0.25, -0.2) is 4.79 Å². The predicted octanol–water partition coefficient (Wildman–Crippen LogP) is 3.71. The van der Waals surface area contributed by atoms with E-state index in [0.717, 1.165) is 38.6 Å². The van der Waals surface area contributed by atoms with Gasteiger partial charge in [0.25, 0.3) is 5.91 Å².